The van der Waals surface area contributed by atoms with Gasteiger partial charge in [-0.15, -0.1) is 0 Å². The number of rotatable bonds is 10. The second-order valence-corrected chi connectivity index (χ2v) is 11.1. The number of aromatic nitrogens is 5. The number of nitrogens with two attached hydrogens (primary N) is 1. The van der Waals surface area contributed by atoms with Crippen LogP contribution in [0.5, 0.6) is 5.75 Å². The number of carbonyl (C=O) groups excluding carboxylic acids is 1. The van der Waals surface area contributed by atoms with Crippen LogP contribution in [0.15, 0.2) is 37.1 Å². The third-order valence-corrected chi connectivity index (χ3v) is 7.75. The van der Waals surface area contributed by atoms with E-state index in [1.54, 1.807) is 29.6 Å². The number of alkyl halides is 2. The summed E-state index contributed by atoms with van der Waals surface area (Å²) in [6, 6.07) is 3.46. The summed E-state index contributed by atoms with van der Waals surface area (Å²) in [7, 11) is 4.31. The topological polar surface area (TPSA) is 157 Å². The zero-order valence-electron chi connectivity index (χ0n) is 25.3. The molecule has 3 aromatic heterocycles. The lowest BCUT2D eigenvalue weighted by Crippen LogP contribution is -2.63. The van der Waals surface area contributed by atoms with Crippen LogP contribution in [-0.4, -0.2) is 99.7 Å². The number of hydrogen-bond donors (Lipinski definition) is 3. The normalized spacial score (nSPS) is 17.3. The van der Waals surface area contributed by atoms with E-state index in [2.05, 4.69) is 25.3 Å². The minimum atomic E-state index is -3.04. The Bertz CT molecular complexity index is 1720. The number of aliphatic hydroxyl groups excluding tert-OH is 1. The molecule has 4 heterocycles. The highest BCUT2D eigenvalue weighted by Crippen LogP contribution is 2.35. The molecule has 0 unspecified atom stereocenters. The van der Waals surface area contributed by atoms with Crippen molar-refractivity contribution >= 4 is 28.8 Å². The molecule has 0 spiro atoms. The van der Waals surface area contributed by atoms with Crippen LogP contribution in [0.4, 0.5) is 33.9 Å². The first-order valence-corrected chi connectivity index (χ1v) is 14.2. The minimum Gasteiger partial charge on any atom is -0.494 e. The number of anilines is 2. The van der Waals surface area contributed by atoms with Crippen molar-refractivity contribution in [2.24, 2.45) is 5.73 Å². The summed E-state index contributed by atoms with van der Waals surface area (Å²) >= 11 is 0. The van der Waals surface area contributed by atoms with Crippen LogP contribution in [0.25, 0.3) is 22.4 Å². The lowest BCUT2D eigenvalue weighted by atomic mass is 9.84. The van der Waals surface area contributed by atoms with Gasteiger partial charge in [0.25, 0.3) is 6.43 Å². The maximum Gasteiger partial charge on any atom is 0.410 e. The zero-order chi connectivity index (χ0) is 33.2. The molecule has 1 saturated heterocycles. The number of benzene rings is 1. The molecule has 46 heavy (non-hydrogen) atoms. The number of ether oxygens (including phenoxy) is 2. The van der Waals surface area contributed by atoms with Crippen molar-refractivity contribution in [2.75, 3.05) is 51.2 Å². The molecule has 0 radical (unpaired) electrons. The number of methoxy groups -OCH3 is 1. The van der Waals surface area contributed by atoms with E-state index in [-0.39, 0.29) is 43.2 Å². The molecule has 0 bridgehead atoms. The predicted molar refractivity (Wildman–Crippen MR) is 160 cm³/mol. The molecule has 0 aliphatic carbocycles. The molecule has 1 aromatic carbocycles. The van der Waals surface area contributed by atoms with Crippen LogP contribution in [-0.2, 0) is 11.3 Å². The van der Waals surface area contributed by atoms with Crippen molar-refractivity contribution in [3.8, 4) is 17.0 Å². The van der Waals surface area contributed by atoms with Crippen LogP contribution in [0, 0.1) is 11.6 Å². The van der Waals surface area contributed by atoms with Gasteiger partial charge in [-0.1, -0.05) is 0 Å². The maximum atomic E-state index is 15.1. The van der Waals surface area contributed by atoms with Gasteiger partial charge >= 0.3 is 6.09 Å². The van der Waals surface area contributed by atoms with E-state index in [1.807, 2.05) is 0 Å². The van der Waals surface area contributed by atoms with Crippen LogP contribution in [0.2, 0.25) is 0 Å². The summed E-state index contributed by atoms with van der Waals surface area (Å²) in [6.07, 6.45) is -0.834. The highest BCUT2D eigenvalue weighted by Gasteiger charge is 2.43. The van der Waals surface area contributed by atoms with Gasteiger partial charge in [0, 0.05) is 38.8 Å². The lowest BCUT2D eigenvalue weighted by Gasteiger charge is -2.44. The second-order valence-electron chi connectivity index (χ2n) is 11.1. The largest absolute Gasteiger partial charge is 0.494 e. The van der Waals surface area contributed by atoms with E-state index in [1.165, 1.54) is 30.9 Å². The van der Waals surface area contributed by atoms with Crippen molar-refractivity contribution in [3.05, 3.63) is 54.2 Å². The maximum absolute atomic E-state index is 15.1. The van der Waals surface area contributed by atoms with Gasteiger partial charge in [0.05, 0.1) is 43.1 Å². The Labute approximate surface area is 261 Å². The summed E-state index contributed by atoms with van der Waals surface area (Å²) in [5.41, 5.74) is 6.45. The summed E-state index contributed by atoms with van der Waals surface area (Å²) < 4.78 is 68.4. The van der Waals surface area contributed by atoms with E-state index < -0.39 is 35.8 Å². The van der Waals surface area contributed by atoms with Gasteiger partial charge < -0.3 is 40.0 Å². The van der Waals surface area contributed by atoms with E-state index >= 15 is 4.39 Å². The number of fused-ring (bicyclic) bond motifs is 1. The van der Waals surface area contributed by atoms with Crippen molar-refractivity contribution in [1.29, 1.82) is 0 Å². The Balaban J connectivity index is 1.53. The first-order chi connectivity index (χ1) is 21.9. The monoisotopic (exact) mass is 647 g/mol. The number of pyridine rings is 1. The predicted octanol–water partition coefficient (Wildman–Crippen LogP) is 3.21. The number of carbonyl (C=O) groups is 1. The Morgan fingerprint density at radius 1 is 1.17 bits per heavy atom. The molecule has 1 aliphatic rings. The molecule has 246 valence electrons. The number of hydrogen-bond acceptors (Lipinski definition) is 11. The Hall–Kier alpha value is -4.77. The van der Waals surface area contributed by atoms with Gasteiger partial charge in [-0.25, -0.2) is 37.3 Å². The highest BCUT2D eigenvalue weighted by molar-refractivity contribution is 5.83. The number of piperidine rings is 1. The third kappa shape index (κ3) is 6.60. The average Bonchev–Trinajstić information content (AvgIpc) is 3.44. The highest BCUT2D eigenvalue weighted by atomic mass is 19.3. The zero-order valence-corrected chi connectivity index (χ0v) is 25.3. The van der Waals surface area contributed by atoms with Crippen molar-refractivity contribution in [1.82, 2.24) is 29.4 Å². The Morgan fingerprint density at radius 2 is 1.96 bits per heavy atom. The second kappa shape index (κ2) is 13.3. The fourth-order valence-electron chi connectivity index (χ4n) is 5.34. The van der Waals surface area contributed by atoms with Gasteiger partial charge in [0.2, 0.25) is 0 Å². The molecule has 1 amide bonds. The number of aliphatic hydroxyl groups is 1. The first-order valence-electron chi connectivity index (χ1n) is 14.2. The molecule has 2 atom stereocenters. The number of nitrogens with one attached hydrogen (secondary N) is 1. The SMILES string of the molecule is COc1cc(F)c(-c2cc(Cn3cnc4c(NCOC(=O)N(C)C)ncnc43)c(N3CCC[C@](N)([C@H](O)C(F)F)C3)cn2)cc1F. The molecular formula is C29H33F4N9O4. The smallest absolute Gasteiger partial charge is 0.410 e. The van der Waals surface area contributed by atoms with Gasteiger partial charge in [0.1, 0.15) is 18.2 Å². The standard InChI is InChI=1S/C29H33F4N9O4/c1-40(2)28(44)46-15-39-26-23-27(37-13-36-26)42(14-38-23)11-16-7-20(17-8-19(31)22(45-3)9-18(17)30)35-10-21(16)41-6-4-5-29(34,12-41)24(43)25(32)33/h7-10,13-14,24-25,43H,4-6,11-12,15,34H2,1-3H3,(H,36,37,39)/t24-,29-/m1/s1. The number of nitrogens with zero attached hydrogens (tertiary/aromatic N) is 7. The quantitative estimate of drug-likeness (QED) is 0.172. The molecule has 0 saturated carbocycles. The fourth-order valence-corrected chi connectivity index (χ4v) is 5.34. The molecule has 13 nitrogen and oxygen atoms in total. The Kier molecular flexibility index (Phi) is 9.43. The van der Waals surface area contributed by atoms with E-state index in [0.717, 1.165) is 12.1 Å². The minimum absolute atomic E-state index is 0.0825. The number of amides is 1. The average molecular weight is 648 g/mol. The summed E-state index contributed by atoms with van der Waals surface area (Å²) in [5, 5.41) is 13.1. The van der Waals surface area contributed by atoms with Gasteiger partial charge in [-0.05, 0) is 30.5 Å². The van der Waals surface area contributed by atoms with Crippen LogP contribution in [0.3, 0.4) is 0 Å². The fraction of sp³-hybridized carbons (Fsp3) is 0.414. The summed E-state index contributed by atoms with van der Waals surface area (Å²) in [5.74, 6) is -1.53. The summed E-state index contributed by atoms with van der Waals surface area (Å²) in [4.78, 5) is 32.1. The van der Waals surface area contributed by atoms with Crippen molar-refractivity contribution in [3.63, 3.8) is 0 Å². The third-order valence-electron chi connectivity index (χ3n) is 7.75. The van der Waals surface area contributed by atoms with E-state index in [4.69, 9.17) is 15.2 Å². The molecule has 1 aliphatic heterocycles. The van der Waals surface area contributed by atoms with Gasteiger partial charge in [-0.2, -0.15) is 0 Å². The molecule has 1 fully saturated rings. The lowest BCUT2D eigenvalue weighted by molar-refractivity contribution is -0.0529. The molecule has 17 heteroatoms. The number of halogens is 4. The number of imidazole rings is 1. The first kappa shape index (κ1) is 32.6. The van der Waals surface area contributed by atoms with E-state index in [9.17, 15) is 23.1 Å². The van der Waals surface area contributed by atoms with Gasteiger partial charge in [-0.3, -0.25) is 4.98 Å². The van der Waals surface area contributed by atoms with Crippen LogP contribution < -0.4 is 20.7 Å². The van der Waals surface area contributed by atoms with Crippen molar-refractivity contribution < 1.29 is 36.9 Å². The van der Waals surface area contributed by atoms with E-state index in [0.29, 0.717) is 41.2 Å². The van der Waals surface area contributed by atoms with Crippen LogP contribution in [0.1, 0.15) is 18.4 Å². The molecular weight excluding hydrogens is 614 g/mol. The molecule has 5 rings (SSSR count). The van der Waals surface area contributed by atoms with Crippen molar-refractivity contribution in [2.45, 2.75) is 37.5 Å². The molecule has 4 aromatic rings. The Morgan fingerprint density at radius 3 is 2.67 bits per heavy atom. The van der Waals surface area contributed by atoms with Crippen LogP contribution >= 0.6 is 0 Å². The molecule has 4 N–H and O–H groups in total. The summed E-state index contributed by atoms with van der Waals surface area (Å²) in [6.45, 7) is 0.211. The van der Waals surface area contributed by atoms with Gasteiger partial charge in [0.15, 0.2) is 35.3 Å².